The number of benzene rings is 1. The summed E-state index contributed by atoms with van der Waals surface area (Å²) in [5.74, 6) is -5.49. The van der Waals surface area contributed by atoms with E-state index in [2.05, 4.69) is 9.47 Å². The number of ether oxygens (including phenoxy) is 2. The van der Waals surface area contributed by atoms with Crippen molar-refractivity contribution in [3.05, 3.63) is 23.8 Å². The van der Waals surface area contributed by atoms with Crippen LogP contribution in [0.3, 0.4) is 0 Å². The Hall–Kier alpha value is -2.46. The summed E-state index contributed by atoms with van der Waals surface area (Å²) in [5.41, 5.74) is -0.909. The minimum absolute atomic E-state index is 0.352. The highest BCUT2D eigenvalue weighted by atomic mass is 19.4. The van der Waals surface area contributed by atoms with Crippen LogP contribution in [0.2, 0.25) is 0 Å². The van der Waals surface area contributed by atoms with Crippen molar-refractivity contribution in [2.24, 2.45) is 0 Å². The molecule has 1 N–H and O–H groups in total. The summed E-state index contributed by atoms with van der Waals surface area (Å²) in [6.07, 6.45) is -12.1. The van der Waals surface area contributed by atoms with Gasteiger partial charge in [0.15, 0.2) is 0 Å². The largest absolute Gasteiger partial charge is 0.573 e. The van der Waals surface area contributed by atoms with E-state index in [0.717, 1.165) is 6.07 Å². The molecule has 0 aliphatic carbocycles. The Balaban J connectivity index is 3.01. The first-order valence-corrected chi connectivity index (χ1v) is 5.28. The van der Waals surface area contributed by atoms with Crippen molar-refractivity contribution >= 4 is 11.9 Å². The maximum atomic E-state index is 12.1. The standard InChI is InChI=1S/C11H6F6O5/c12-10(13,14)4-8(18)21-5-1-2-6(9(19)20)7(3-5)22-11(15,16)17/h1-3H,4H2,(H,19,20). The van der Waals surface area contributed by atoms with Gasteiger partial charge in [0.05, 0.1) is 0 Å². The average molecular weight is 332 g/mol. The molecule has 22 heavy (non-hydrogen) atoms. The zero-order valence-corrected chi connectivity index (χ0v) is 10.3. The predicted molar refractivity (Wildman–Crippen MR) is 56.4 cm³/mol. The average Bonchev–Trinajstić information content (AvgIpc) is 2.23. The Morgan fingerprint density at radius 2 is 1.68 bits per heavy atom. The number of hydrogen-bond donors (Lipinski definition) is 1. The molecule has 0 spiro atoms. The summed E-state index contributed by atoms with van der Waals surface area (Å²) in [7, 11) is 0. The van der Waals surface area contributed by atoms with Crippen LogP contribution in [0.25, 0.3) is 0 Å². The number of carboxylic acids is 1. The lowest BCUT2D eigenvalue weighted by molar-refractivity contribution is -0.274. The highest BCUT2D eigenvalue weighted by Crippen LogP contribution is 2.31. The summed E-state index contributed by atoms with van der Waals surface area (Å²) in [5, 5.41) is 8.68. The molecule has 0 bridgehead atoms. The molecule has 0 atom stereocenters. The number of aromatic carboxylic acids is 1. The first kappa shape index (κ1) is 17.6. The van der Waals surface area contributed by atoms with Crippen LogP contribution < -0.4 is 9.47 Å². The van der Waals surface area contributed by atoms with Gasteiger partial charge in [0.1, 0.15) is 23.5 Å². The third-order valence-electron chi connectivity index (χ3n) is 1.99. The number of esters is 1. The molecule has 0 aromatic heterocycles. The Kier molecular flexibility index (Phi) is 4.89. The van der Waals surface area contributed by atoms with Gasteiger partial charge in [-0.15, -0.1) is 13.2 Å². The fraction of sp³-hybridized carbons (Fsp3) is 0.273. The fourth-order valence-electron chi connectivity index (χ4n) is 1.28. The molecule has 0 saturated heterocycles. The van der Waals surface area contributed by atoms with Gasteiger partial charge in [-0.3, -0.25) is 4.79 Å². The minimum Gasteiger partial charge on any atom is -0.478 e. The molecule has 0 unspecified atom stereocenters. The molecule has 0 aliphatic rings. The first-order valence-electron chi connectivity index (χ1n) is 5.28. The number of carbonyl (C=O) groups excluding carboxylic acids is 1. The van der Waals surface area contributed by atoms with E-state index in [-0.39, 0.29) is 0 Å². The van der Waals surface area contributed by atoms with Gasteiger partial charge in [0.25, 0.3) is 0 Å². The molecular formula is C11H6F6O5. The Morgan fingerprint density at radius 3 is 2.14 bits per heavy atom. The second kappa shape index (κ2) is 6.12. The lowest BCUT2D eigenvalue weighted by Crippen LogP contribution is -2.20. The zero-order chi connectivity index (χ0) is 17.1. The molecule has 0 aliphatic heterocycles. The van der Waals surface area contributed by atoms with Crippen LogP contribution in [-0.2, 0) is 4.79 Å². The van der Waals surface area contributed by atoms with Gasteiger partial charge in [-0.2, -0.15) is 13.2 Å². The van der Waals surface area contributed by atoms with Gasteiger partial charge in [-0.25, -0.2) is 4.79 Å². The summed E-state index contributed by atoms with van der Waals surface area (Å²) in [6.45, 7) is 0. The molecule has 5 nitrogen and oxygen atoms in total. The van der Waals surface area contributed by atoms with E-state index < -0.39 is 48.0 Å². The summed E-state index contributed by atoms with van der Waals surface area (Å²) in [4.78, 5) is 21.6. The third kappa shape index (κ3) is 5.89. The SMILES string of the molecule is O=C(CC(F)(F)F)Oc1ccc(C(=O)O)c(OC(F)(F)F)c1. The second-order valence-electron chi connectivity index (χ2n) is 3.78. The second-order valence-corrected chi connectivity index (χ2v) is 3.78. The molecule has 0 fully saturated rings. The van der Waals surface area contributed by atoms with E-state index in [9.17, 15) is 35.9 Å². The summed E-state index contributed by atoms with van der Waals surface area (Å²) < 4.78 is 79.8. The molecule has 0 heterocycles. The van der Waals surface area contributed by atoms with Gasteiger partial charge < -0.3 is 14.6 Å². The van der Waals surface area contributed by atoms with Crippen molar-refractivity contribution in [1.29, 1.82) is 0 Å². The van der Waals surface area contributed by atoms with Crippen LogP contribution >= 0.6 is 0 Å². The highest BCUT2D eigenvalue weighted by Gasteiger charge is 2.34. The quantitative estimate of drug-likeness (QED) is 0.521. The lowest BCUT2D eigenvalue weighted by atomic mass is 10.2. The van der Waals surface area contributed by atoms with E-state index in [4.69, 9.17) is 5.11 Å². The van der Waals surface area contributed by atoms with E-state index in [1.807, 2.05) is 0 Å². The van der Waals surface area contributed by atoms with E-state index in [1.54, 1.807) is 0 Å². The van der Waals surface area contributed by atoms with Gasteiger partial charge in [-0.1, -0.05) is 0 Å². The number of alkyl halides is 6. The maximum Gasteiger partial charge on any atom is 0.573 e. The van der Waals surface area contributed by atoms with Crippen LogP contribution in [0, 0.1) is 0 Å². The Morgan fingerprint density at radius 1 is 1.09 bits per heavy atom. The lowest BCUT2D eigenvalue weighted by Gasteiger charge is -2.13. The normalized spacial score (nSPS) is 11.9. The molecule has 1 aromatic rings. The molecule has 122 valence electrons. The number of hydrogen-bond acceptors (Lipinski definition) is 4. The van der Waals surface area contributed by atoms with Gasteiger partial charge in [0.2, 0.25) is 0 Å². The number of halogens is 6. The number of rotatable bonds is 4. The molecule has 0 saturated carbocycles. The molecule has 11 heteroatoms. The topological polar surface area (TPSA) is 72.8 Å². The van der Waals surface area contributed by atoms with Crippen molar-refractivity contribution in [2.75, 3.05) is 0 Å². The third-order valence-corrected chi connectivity index (χ3v) is 1.99. The van der Waals surface area contributed by atoms with Crippen molar-refractivity contribution in [2.45, 2.75) is 19.0 Å². The van der Waals surface area contributed by atoms with Gasteiger partial charge >= 0.3 is 24.5 Å². The molecule has 0 amide bonds. The summed E-state index contributed by atoms with van der Waals surface area (Å²) in [6, 6.07) is 1.67. The van der Waals surface area contributed by atoms with Crippen molar-refractivity contribution < 1.29 is 50.5 Å². The van der Waals surface area contributed by atoms with Crippen molar-refractivity contribution in [3.8, 4) is 11.5 Å². The van der Waals surface area contributed by atoms with E-state index >= 15 is 0 Å². The van der Waals surface area contributed by atoms with Crippen LogP contribution in [0.5, 0.6) is 11.5 Å². The fourth-order valence-corrected chi connectivity index (χ4v) is 1.28. The highest BCUT2D eigenvalue weighted by molar-refractivity contribution is 5.91. The van der Waals surface area contributed by atoms with E-state index in [1.165, 1.54) is 0 Å². The zero-order valence-electron chi connectivity index (χ0n) is 10.3. The first-order chi connectivity index (χ1) is 9.87. The predicted octanol–water partition coefficient (Wildman–Crippen LogP) is 3.14. The van der Waals surface area contributed by atoms with Crippen molar-refractivity contribution in [1.82, 2.24) is 0 Å². The maximum absolute atomic E-state index is 12.1. The Bertz CT molecular complexity index is 577. The monoisotopic (exact) mass is 332 g/mol. The Labute approximate surface area is 118 Å². The minimum atomic E-state index is -5.24. The van der Waals surface area contributed by atoms with Gasteiger partial charge in [-0.05, 0) is 12.1 Å². The molecular weight excluding hydrogens is 326 g/mol. The smallest absolute Gasteiger partial charge is 0.478 e. The number of carboxylic acid groups (broad SMARTS) is 1. The van der Waals surface area contributed by atoms with Crippen LogP contribution in [-0.4, -0.2) is 29.6 Å². The summed E-state index contributed by atoms with van der Waals surface area (Å²) >= 11 is 0. The van der Waals surface area contributed by atoms with Crippen molar-refractivity contribution in [3.63, 3.8) is 0 Å². The van der Waals surface area contributed by atoms with Crippen LogP contribution in [0.1, 0.15) is 16.8 Å². The van der Waals surface area contributed by atoms with Crippen LogP contribution in [0.4, 0.5) is 26.3 Å². The number of carbonyl (C=O) groups is 2. The van der Waals surface area contributed by atoms with E-state index in [0.29, 0.717) is 12.1 Å². The van der Waals surface area contributed by atoms with Gasteiger partial charge in [0, 0.05) is 6.07 Å². The molecule has 1 rings (SSSR count). The molecule has 0 radical (unpaired) electrons. The molecule has 1 aromatic carbocycles. The van der Waals surface area contributed by atoms with Crippen LogP contribution in [0.15, 0.2) is 18.2 Å².